The molecule has 0 heterocycles. The van der Waals surface area contributed by atoms with Gasteiger partial charge in [-0.1, -0.05) is 5.16 Å². The Kier molecular flexibility index (Phi) is 6.95. The normalized spacial score (nSPS) is 10.5. The lowest BCUT2D eigenvalue weighted by molar-refractivity contribution is -0.140. The minimum absolute atomic E-state index is 0.219. The summed E-state index contributed by atoms with van der Waals surface area (Å²) in [7, 11) is 2.93. The standard InChI is InChI=1S/C14H19NO5/c1-18-12-7-6-11(10-15-17)9-13(12)20-8-4-3-5-14(16)19-2/h6-7,9-10,17H,3-5,8H2,1-2H3. The van der Waals surface area contributed by atoms with Gasteiger partial charge in [0.05, 0.1) is 27.0 Å². The molecule has 0 bridgehead atoms. The van der Waals surface area contributed by atoms with Crippen molar-refractivity contribution in [3.8, 4) is 11.5 Å². The number of unbranched alkanes of at least 4 members (excludes halogenated alkanes) is 1. The number of esters is 1. The number of carbonyl (C=O) groups excluding carboxylic acids is 1. The van der Waals surface area contributed by atoms with Gasteiger partial charge < -0.3 is 19.4 Å². The lowest BCUT2D eigenvalue weighted by Crippen LogP contribution is -2.03. The Balaban J connectivity index is 2.49. The molecule has 0 saturated heterocycles. The van der Waals surface area contributed by atoms with Crippen LogP contribution in [-0.4, -0.2) is 38.2 Å². The number of hydrogen-bond donors (Lipinski definition) is 1. The maximum atomic E-state index is 10.9. The maximum absolute atomic E-state index is 10.9. The summed E-state index contributed by atoms with van der Waals surface area (Å²) in [5.74, 6) is 0.958. The fourth-order valence-electron chi connectivity index (χ4n) is 1.61. The zero-order valence-electron chi connectivity index (χ0n) is 11.7. The summed E-state index contributed by atoms with van der Waals surface area (Å²) < 4.78 is 15.4. The highest BCUT2D eigenvalue weighted by atomic mass is 16.5. The monoisotopic (exact) mass is 281 g/mol. The molecule has 0 amide bonds. The van der Waals surface area contributed by atoms with Gasteiger partial charge in [-0.25, -0.2) is 0 Å². The van der Waals surface area contributed by atoms with E-state index in [2.05, 4.69) is 9.89 Å². The van der Waals surface area contributed by atoms with Crippen molar-refractivity contribution in [2.45, 2.75) is 19.3 Å². The van der Waals surface area contributed by atoms with E-state index in [9.17, 15) is 4.79 Å². The van der Waals surface area contributed by atoms with Crippen molar-refractivity contribution in [1.82, 2.24) is 0 Å². The van der Waals surface area contributed by atoms with Crippen LogP contribution in [0.5, 0.6) is 11.5 Å². The second-order valence-corrected chi connectivity index (χ2v) is 4.04. The van der Waals surface area contributed by atoms with Gasteiger partial charge in [-0.15, -0.1) is 0 Å². The van der Waals surface area contributed by atoms with E-state index in [1.54, 1.807) is 25.3 Å². The van der Waals surface area contributed by atoms with Crippen molar-refractivity contribution in [2.24, 2.45) is 5.16 Å². The molecule has 0 radical (unpaired) electrons. The molecule has 110 valence electrons. The molecule has 0 atom stereocenters. The van der Waals surface area contributed by atoms with E-state index in [4.69, 9.17) is 14.7 Å². The summed E-state index contributed by atoms with van der Waals surface area (Å²) in [6, 6.07) is 5.21. The average Bonchev–Trinajstić information content (AvgIpc) is 2.47. The van der Waals surface area contributed by atoms with Crippen LogP contribution in [0.25, 0.3) is 0 Å². The van der Waals surface area contributed by atoms with E-state index in [0.717, 1.165) is 6.42 Å². The molecular formula is C14H19NO5. The van der Waals surface area contributed by atoms with Crippen molar-refractivity contribution < 1.29 is 24.2 Å². The number of carbonyl (C=O) groups is 1. The average molecular weight is 281 g/mol. The Bertz CT molecular complexity index is 459. The van der Waals surface area contributed by atoms with Crippen LogP contribution in [-0.2, 0) is 9.53 Å². The van der Waals surface area contributed by atoms with Crippen molar-refractivity contribution in [1.29, 1.82) is 0 Å². The number of hydrogen-bond acceptors (Lipinski definition) is 6. The molecule has 0 aliphatic rings. The number of nitrogens with zero attached hydrogens (tertiary/aromatic N) is 1. The predicted molar refractivity (Wildman–Crippen MR) is 73.7 cm³/mol. The second-order valence-electron chi connectivity index (χ2n) is 4.04. The Labute approximate surface area is 117 Å². The van der Waals surface area contributed by atoms with Gasteiger partial charge in [0.1, 0.15) is 0 Å². The minimum atomic E-state index is -0.219. The SMILES string of the molecule is COC(=O)CCCCOc1cc(C=NO)ccc1OC. The third kappa shape index (κ3) is 5.17. The number of methoxy groups -OCH3 is 2. The van der Waals surface area contributed by atoms with Gasteiger partial charge in [0.2, 0.25) is 0 Å². The van der Waals surface area contributed by atoms with Crippen LogP contribution in [0.2, 0.25) is 0 Å². The van der Waals surface area contributed by atoms with Crippen LogP contribution in [0.15, 0.2) is 23.4 Å². The van der Waals surface area contributed by atoms with E-state index >= 15 is 0 Å². The van der Waals surface area contributed by atoms with Crippen molar-refractivity contribution in [3.05, 3.63) is 23.8 Å². The van der Waals surface area contributed by atoms with Gasteiger partial charge in [-0.3, -0.25) is 4.79 Å². The van der Waals surface area contributed by atoms with Crippen LogP contribution in [0.3, 0.4) is 0 Å². The Hall–Kier alpha value is -2.24. The fourth-order valence-corrected chi connectivity index (χ4v) is 1.61. The summed E-state index contributed by atoms with van der Waals surface area (Å²) in [5, 5.41) is 11.5. The highest BCUT2D eigenvalue weighted by Crippen LogP contribution is 2.27. The molecule has 1 aromatic rings. The molecule has 0 saturated carbocycles. The third-order valence-electron chi connectivity index (χ3n) is 2.65. The van der Waals surface area contributed by atoms with Crippen LogP contribution in [0.4, 0.5) is 0 Å². The third-order valence-corrected chi connectivity index (χ3v) is 2.65. The van der Waals surface area contributed by atoms with Crippen LogP contribution in [0, 0.1) is 0 Å². The molecule has 0 spiro atoms. The Morgan fingerprint density at radius 3 is 2.75 bits per heavy atom. The van der Waals surface area contributed by atoms with Crippen LogP contribution >= 0.6 is 0 Å². The highest BCUT2D eigenvalue weighted by Gasteiger charge is 2.06. The molecule has 1 rings (SSSR count). The number of ether oxygens (including phenoxy) is 3. The molecule has 20 heavy (non-hydrogen) atoms. The van der Waals surface area contributed by atoms with E-state index < -0.39 is 0 Å². The van der Waals surface area contributed by atoms with Crippen molar-refractivity contribution in [2.75, 3.05) is 20.8 Å². The lowest BCUT2D eigenvalue weighted by Gasteiger charge is -2.11. The molecule has 6 nitrogen and oxygen atoms in total. The highest BCUT2D eigenvalue weighted by molar-refractivity contribution is 5.80. The van der Waals surface area contributed by atoms with Crippen LogP contribution < -0.4 is 9.47 Å². The molecule has 0 unspecified atom stereocenters. The summed E-state index contributed by atoms with van der Waals surface area (Å²) in [6.45, 7) is 0.465. The van der Waals surface area contributed by atoms with E-state index in [1.165, 1.54) is 13.3 Å². The minimum Gasteiger partial charge on any atom is -0.493 e. The van der Waals surface area contributed by atoms with Gasteiger partial charge >= 0.3 is 5.97 Å². The molecule has 0 aromatic heterocycles. The molecule has 0 fully saturated rings. The zero-order valence-corrected chi connectivity index (χ0v) is 11.7. The molecule has 1 aromatic carbocycles. The lowest BCUT2D eigenvalue weighted by atomic mass is 10.2. The molecule has 0 aliphatic heterocycles. The molecular weight excluding hydrogens is 262 g/mol. The summed E-state index contributed by atoms with van der Waals surface area (Å²) >= 11 is 0. The van der Waals surface area contributed by atoms with Gasteiger partial charge in [0, 0.05) is 12.0 Å². The first-order chi connectivity index (χ1) is 9.71. The predicted octanol–water partition coefficient (Wildman–Crippen LogP) is 2.23. The van der Waals surface area contributed by atoms with E-state index in [0.29, 0.717) is 36.5 Å². The van der Waals surface area contributed by atoms with Crippen molar-refractivity contribution in [3.63, 3.8) is 0 Å². The quantitative estimate of drug-likeness (QED) is 0.260. The number of oxime groups is 1. The first kappa shape index (κ1) is 15.8. The largest absolute Gasteiger partial charge is 0.493 e. The smallest absolute Gasteiger partial charge is 0.305 e. The molecule has 1 N–H and O–H groups in total. The molecule has 0 aliphatic carbocycles. The maximum Gasteiger partial charge on any atom is 0.305 e. The fraction of sp³-hybridized carbons (Fsp3) is 0.429. The van der Waals surface area contributed by atoms with Gasteiger partial charge in [-0.2, -0.15) is 0 Å². The Morgan fingerprint density at radius 1 is 1.30 bits per heavy atom. The second kappa shape index (κ2) is 8.79. The zero-order chi connectivity index (χ0) is 14.8. The van der Waals surface area contributed by atoms with Gasteiger partial charge in [-0.05, 0) is 31.0 Å². The van der Waals surface area contributed by atoms with Crippen molar-refractivity contribution >= 4 is 12.2 Å². The van der Waals surface area contributed by atoms with E-state index in [-0.39, 0.29) is 5.97 Å². The Morgan fingerprint density at radius 2 is 2.10 bits per heavy atom. The topological polar surface area (TPSA) is 77.4 Å². The summed E-state index contributed by atoms with van der Waals surface area (Å²) in [4.78, 5) is 10.9. The van der Waals surface area contributed by atoms with E-state index in [1.807, 2.05) is 0 Å². The number of benzene rings is 1. The molecule has 6 heteroatoms. The first-order valence-corrected chi connectivity index (χ1v) is 6.26. The summed E-state index contributed by atoms with van der Waals surface area (Å²) in [5.41, 5.74) is 0.706. The number of rotatable bonds is 8. The van der Waals surface area contributed by atoms with Gasteiger partial charge in [0.25, 0.3) is 0 Å². The summed E-state index contributed by atoms with van der Waals surface area (Å²) in [6.07, 6.45) is 3.13. The van der Waals surface area contributed by atoms with Gasteiger partial charge in [0.15, 0.2) is 11.5 Å². The first-order valence-electron chi connectivity index (χ1n) is 6.26. The van der Waals surface area contributed by atoms with Crippen LogP contribution in [0.1, 0.15) is 24.8 Å².